The summed E-state index contributed by atoms with van der Waals surface area (Å²) >= 11 is 11.8. The zero-order valence-electron chi connectivity index (χ0n) is 13.9. The number of hydrogen-bond acceptors (Lipinski definition) is 6. The van der Waals surface area contributed by atoms with Gasteiger partial charge < -0.3 is 13.9 Å². The number of hydrogen-bond donors (Lipinski definition) is 0. The summed E-state index contributed by atoms with van der Waals surface area (Å²) in [7, 11) is 1.59. The van der Waals surface area contributed by atoms with Gasteiger partial charge in [0.05, 0.1) is 17.7 Å². The average molecular weight is 393 g/mol. The molecule has 1 heterocycles. The van der Waals surface area contributed by atoms with E-state index in [4.69, 9.17) is 37.1 Å². The Hall–Kier alpha value is -2.57. The van der Waals surface area contributed by atoms with Crippen LogP contribution in [0.4, 0.5) is 0 Å². The molecule has 0 saturated heterocycles. The van der Waals surface area contributed by atoms with E-state index < -0.39 is 12.1 Å². The van der Waals surface area contributed by atoms with Crippen LogP contribution in [0.25, 0.3) is 11.5 Å². The van der Waals surface area contributed by atoms with E-state index >= 15 is 0 Å². The van der Waals surface area contributed by atoms with E-state index in [0.717, 1.165) is 11.3 Å². The first-order valence-corrected chi connectivity index (χ1v) is 8.37. The number of carbonyl (C=O) groups excluding carboxylic acids is 1. The van der Waals surface area contributed by atoms with Crippen LogP contribution in [0, 0.1) is 0 Å². The Bertz CT molecular complexity index is 925. The highest BCUT2D eigenvalue weighted by Gasteiger charge is 2.21. The first-order valence-electron chi connectivity index (χ1n) is 7.62. The normalized spacial score (nSPS) is 11.8. The highest BCUT2D eigenvalue weighted by Crippen LogP contribution is 2.26. The van der Waals surface area contributed by atoms with Crippen molar-refractivity contribution in [3.8, 4) is 17.2 Å². The van der Waals surface area contributed by atoms with Gasteiger partial charge in [-0.05, 0) is 49.4 Å². The molecule has 0 aliphatic carbocycles. The summed E-state index contributed by atoms with van der Waals surface area (Å²) in [5, 5.41) is 8.56. The molecule has 134 valence electrons. The second kappa shape index (κ2) is 7.76. The molecule has 0 aliphatic rings. The molecule has 3 rings (SSSR count). The number of methoxy groups -OCH3 is 1. The molecule has 1 atom stereocenters. The standard InChI is InChI=1S/C18H14Cl2N2O4/c1-10(25-18(23)14-8-5-12(19)9-15(14)20)16-21-22-17(26-16)11-3-6-13(24-2)7-4-11/h3-10H,1-2H3. The fraction of sp³-hybridized carbons (Fsp3) is 0.167. The van der Waals surface area contributed by atoms with E-state index in [9.17, 15) is 4.79 Å². The molecule has 0 aliphatic heterocycles. The molecule has 0 saturated carbocycles. The molecular weight excluding hydrogens is 379 g/mol. The number of carbonyl (C=O) groups is 1. The number of benzene rings is 2. The van der Waals surface area contributed by atoms with Gasteiger partial charge in [0.15, 0.2) is 6.10 Å². The van der Waals surface area contributed by atoms with Crippen LogP contribution in [0.3, 0.4) is 0 Å². The van der Waals surface area contributed by atoms with Crippen LogP contribution in [0.2, 0.25) is 10.0 Å². The minimum absolute atomic E-state index is 0.175. The number of nitrogens with zero attached hydrogens (tertiary/aromatic N) is 2. The molecule has 0 amide bonds. The van der Waals surface area contributed by atoms with Gasteiger partial charge in [0.25, 0.3) is 5.89 Å². The second-order valence-electron chi connectivity index (χ2n) is 5.35. The molecule has 8 heteroatoms. The summed E-state index contributed by atoms with van der Waals surface area (Å²) in [6.45, 7) is 1.63. The van der Waals surface area contributed by atoms with E-state index in [2.05, 4.69) is 10.2 Å². The molecule has 2 aromatic carbocycles. The van der Waals surface area contributed by atoms with Gasteiger partial charge in [-0.2, -0.15) is 0 Å². The lowest BCUT2D eigenvalue weighted by atomic mass is 10.2. The van der Waals surface area contributed by atoms with E-state index in [1.807, 2.05) is 0 Å². The molecule has 26 heavy (non-hydrogen) atoms. The van der Waals surface area contributed by atoms with Crippen LogP contribution in [-0.4, -0.2) is 23.3 Å². The first kappa shape index (κ1) is 18.2. The molecule has 0 radical (unpaired) electrons. The Morgan fingerprint density at radius 1 is 1.12 bits per heavy atom. The zero-order valence-corrected chi connectivity index (χ0v) is 15.4. The van der Waals surface area contributed by atoms with Crippen molar-refractivity contribution in [3.05, 3.63) is 64.0 Å². The van der Waals surface area contributed by atoms with Crippen LogP contribution in [0.5, 0.6) is 5.75 Å². The Balaban J connectivity index is 1.73. The highest BCUT2D eigenvalue weighted by atomic mass is 35.5. The molecule has 0 N–H and O–H groups in total. The van der Waals surface area contributed by atoms with E-state index in [1.165, 1.54) is 12.1 Å². The SMILES string of the molecule is COc1ccc(-c2nnc(C(C)OC(=O)c3ccc(Cl)cc3Cl)o2)cc1. The van der Waals surface area contributed by atoms with Crippen LogP contribution in [0.15, 0.2) is 46.9 Å². The van der Waals surface area contributed by atoms with Crippen molar-refractivity contribution in [3.63, 3.8) is 0 Å². The largest absolute Gasteiger partial charge is 0.497 e. The molecular formula is C18H14Cl2N2O4. The Morgan fingerprint density at radius 2 is 1.85 bits per heavy atom. The van der Waals surface area contributed by atoms with Gasteiger partial charge in [-0.15, -0.1) is 10.2 Å². The Labute approximate surface area is 159 Å². The molecule has 0 bridgehead atoms. The molecule has 1 aromatic heterocycles. The van der Waals surface area contributed by atoms with Crippen molar-refractivity contribution in [2.75, 3.05) is 7.11 Å². The smallest absolute Gasteiger partial charge is 0.340 e. The van der Waals surface area contributed by atoms with Crippen molar-refractivity contribution in [1.82, 2.24) is 10.2 Å². The third-order valence-electron chi connectivity index (χ3n) is 3.56. The monoisotopic (exact) mass is 392 g/mol. The summed E-state index contributed by atoms with van der Waals surface area (Å²) in [5.41, 5.74) is 0.932. The van der Waals surface area contributed by atoms with Crippen LogP contribution >= 0.6 is 23.2 Å². The predicted molar refractivity (Wildman–Crippen MR) is 96.6 cm³/mol. The summed E-state index contributed by atoms with van der Waals surface area (Å²) in [6.07, 6.45) is -0.742. The summed E-state index contributed by atoms with van der Waals surface area (Å²) < 4.78 is 16.1. The molecule has 1 unspecified atom stereocenters. The van der Waals surface area contributed by atoms with Crippen LogP contribution < -0.4 is 4.74 Å². The van der Waals surface area contributed by atoms with E-state index in [1.54, 1.807) is 44.4 Å². The lowest BCUT2D eigenvalue weighted by Gasteiger charge is -2.10. The maximum atomic E-state index is 12.3. The summed E-state index contributed by atoms with van der Waals surface area (Å²) in [4.78, 5) is 12.3. The average Bonchev–Trinajstić information content (AvgIpc) is 3.12. The Kier molecular flexibility index (Phi) is 5.44. The third kappa shape index (κ3) is 3.98. The quantitative estimate of drug-likeness (QED) is 0.570. The van der Waals surface area contributed by atoms with Gasteiger partial charge in [0.2, 0.25) is 5.89 Å². The summed E-state index contributed by atoms with van der Waals surface area (Å²) in [6, 6.07) is 11.7. The summed E-state index contributed by atoms with van der Waals surface area (Å²) in [5.74, 6) is 0.600. The molecule has 0 fully saturated rings. The van der Waals surface area contributed by atoms with Crippen molar-refractivity contribution in [2.45, 2.75) is 13.0 Å². The fourth-order valence-electron chi connectivity index (χ4n) is 2.18. The maximum absolute atomic E-state index is 12.3. The highest BCUT2D eigenvalue weighted by molar-refractivity contribution is 6.36. The van der Waals surface area contributed by atoms with Crippen LogP contribution in [-0.2, 0) is 4.74 Å². The number of rotatable bonds is 5. The minimum atomic E-state index is -0.742. The second-order valence-corrected chi connectivity index (χ2v) is 6.19. The number of ether oxygens (including phenoxy) is 2. The van der Waals surface area contributed by atoms with Gasteiger partial charge in [0.1, 0.15) is 5.75 Å². The van der Waals surface area contributed by atoms with Crippen LogP contribution in [0.1, 0.15) is 29.3 Å². The van der Waals surface area contributed by atoms with Gasteiger partial charge in [0, 0.05) is 10.6 Å². The number of halogens is 2. The predicted octanol–water partition coefficient (Wildman–Crippen LogP) is 4.97. The number of aromatic nitrogens is 2. The van der Waals surface area contributed by atoms with E-state index in [0.29, 0.717) is 10.9 Å². The van der Waals surface area contributed by atoms with Gasteiger partial charge in [-0.3, -0.25) is 0 Å². The van der Waals surface area contributed by atoms with Crippen molar-refractivity contribution in [2.24, 2.45) is 0 Å². The topological polar surface area (TPSA) is 74.5 Å². The van der Waals surface area contributed by atoms with E-state index in [-0.39, 0.29) is 16.5 Å². The van der Waals surface area contributed by atoms with Gasteiger partial charge >= 0.3 is 5.97 Å². The van der Waals surface area contributed by atoms with Crippen molar-refractivity contribution >= 4 is 29.2 Å². The molecule has 3 aromatic rings. The fourth-order valence-corrected chi connectivity index (χ4v) is 2.66. The number of esters is 1. The first-order chi connectivity index (χ1) is 12.5. The molecule has 0 spiro atoms. The van der Waals surface area contributed by atoms with Gasteiger partial charge in [-0.1, -0.05) is 23.2 Å². The lowest BCUT2D eigenvalue weighted by Crippen LogP contribution is -2.10. The third-order valence-corrected chi connectivity index (χ3v) is 4.11. The van der Waals surface area contributed by atoms with Gasteiger partial charge in [-0.25, -0.2) is 4.79 Å². The molecule has 6 nitrogen and oxygen atoms in total. The maximum Gasteiger partial charge on any atom is 0.340 e. The van der Waals surface area contributed by atoms with Crippen molar-refractivity contribution < 1.29 is 18.7 Å². The minimum Gasteiger partial charge on any atom is -0.497 e. The zero-order chi connectivity index (χ0) is 18.7. The van der Waals surface area contributed by atoms with Crippen molar-refractivity contribution in [1.29, 1.82) is 0 Å². The Morgan fingerprint density at radius 3 is 2.50 bits per heavy atom. The lowest BCUT2D eigenvalue weighted by molar-refractivity contribution is 0.0280.